The Morgan fingerprint density at radius 2 is 2.00 bits per heavy atom. The number of carbonyl (C=O) groups is 2. The van der Waals surface area contributed by atoms with Crippen molar-refractivity contribution in [3.8, 4) is 0 Å². The molecule has 0 amide bonds. The molecule has 92 valence electrons. The number of nitrogens with zero attached hydrogens (tertiary/aromatic N) is 3. The molecule has 7 heteroatoms. The molecule has 0 atom stereocenters. The van der Waals surface area contributed by atoms with E-state index in [2.05, 4.69) is 19.4 Å². The lowest BCUT2D eigenvalue weighted by molar-refractivity contribution is -0.138. The lowest BCUT2D eigenvalue weighted by Gasteiger charge is -2.16. The number of hydrogen-bond acceptors (Lipinski definition) is 7. The molecule has 0 N–H and O–H groups in total. The van der Waals surface area contributed by atoms with Crippen LogP contribution in [0.15, 0.2) is 12.4 Å². The number of rotatable bonds is 4. The number of hydrogen-bond donors (Lipinski definition) is 0. The maximum absolute atomic E-state index is 11.2. The van der Waals surface area contributed by atoms with Crippen molar-refractivity contribution in [1.29, 1.82) is 0 Å². The quantitative estimate of drug-likeness (QED) is 0.677. The Balaban J connectivity index is 2.84. The Labute approximate surface area is 98.4 Å². The molecule has 0 spiro atoms. The molecular weight excluding hydrogens is 226 g/mol. The highest BCUT2D eigenvalue weighted by Gasteiger charge is 2.13. The van der Waals surface area contributed by atoms with E-state index in [1.54, 1.807) is 7.05 Å². The largest absolute Gasteiger partial charge is 0.468 e. The number of esters is 2. The predicted molar refractivity (Wildman–Crippen MR) is 58.7 cm³/mol. The molecule has 0 unspecified atom stereocenters. The van der Waals surface area contributed by atoms with Crippen LogP contribution in [-0.4, -0.2) is 49.7 Å². The van der Waals surface area contributed by atoms with Gasteiger partial charge in [0.25, 0.3) is 0 Å². The Morgan fingerprint density at radius 1 is 1.29 bits per heavy atom. The minimum absolute atomic E-state index is 0.0236. The summed E-state index contributed by atoms with van der Waals surface area (Å²) in [6.45, 7) is 0.0236. The number of likely N-dealkylation sites (N-methyl/N-ethyl adjacent to an activating group) is 1. The number of methoxy groups -OCH3 is 2. The second-order valence-electron chi connectivity index (χ2n) is 3.19. The fraction of sp³-hybridized carbons (Fsp3) is 0.400. The second kappa shape index (κ2) is 5.78. The second-order valence-corrected chi connectivity index (χ2v) is 3.19. The summed E-state index contributed by atoms with van der Waals surface area (Å²) >= 11 is 0. The van der Waals surface area contributed by atoms with Crippen LogP contribution in [-0.2, 0) is 14.3 Å². The molecule has 1 aromatic rings. The van der Waals surface area contributed by atoms with Crippen LogP contribution in [0.4, 0.5) is 5.82 Å². The molecule has 0 aromatic carbocycles. The maximum Gasteiger partial charge on any atom is 0.358 e. The minimum Gasteiger partial charge on any atom is -0.468 e. The van der Waals surface area contributed by atoms with Gasteiger partial charge in [-0.15, -0.1) is 0 Å². The van der Waals surface area contributed by atoms with Crippen LogP contribution in [0.2, 0.25) is 0 Å². The zero-order valence-corrected chi connectivity index (χ0v) is 9.84. The fourth-order valence-corrected chi connectivity index (χ4v) is 1.08. The first-order valence-electron chi connectivity index (χ1n) is 4.76. The van der Waals surface area contributed by atoms with E-state index in [1.807, 2.05) is 0 Å². The average Bonchev–Trinajstić information content (AvgIpc) is 2.37. The zero-order chi connectivity index (χ0) is 12.8. The monoisotopic (exact) mass is 239 g/mol. The highest BCUT2D eigenvalue weighted by atomic mass is 16.5. The minimum atomic E-state index is -0.578. The van der Waals surface area contributed by atoms with Gasteiger partial charge in [0.05, 0.1) is 26.6 Å². The van der Waals surface area contributed by atoms with Gasteiger partial charge in [-0.1, -0.05) is 0 Å². The summed E-state index contributed by atoms with van der Waals surface area (Å²) in [4.78, 5) is 31.7. The maximum atomic E-state index is 11.2. The molecule has 0 saturated heterocycles. The van der Waals surface area contributed by atoms with Crippen molar-refractivity contribution in [2.45, 2.75) is 0 Å². The van der Waals surface area contributed by atoms with Gasteiger partial charge in [0.15, 0.2) is 5.69 Å². The van der Waals surface area contributed by atoms with Crippen molar-refractivity contribution in [3.63, 3.8) is 0 Å². The van der Waals surface area contributed by atoms with Crippen molar-refractivity contribution in [2.24, 2.45) is 0 Å². The van der Waals surface area contributed by atoms with Crippen LogP contribution in [0.5, 0.6) is 0 Å². The van der Waals surface area contributed by atoms with Gasteiger partial charge in [0.1, 0.15) is 12.4 Å². The number of anilines is 1. The van der Waals surface area contributed by atoms with Gasteiger partial charge in [-0.2, -0.15) is 0 Å². The third-order valence-electron chi connectivity index (χ3n) is 2.00. The van der Waals surface area contributed by atoms with Crippen LogP contribution in [0, 0.1) is 0 Å². The molecular formula is C10H13N3O4. The van der Waals surface area contributed by atoms with Crippen LogP contribution < -0.4 is 4.90 Å². The van der Waals surface area contributed by atoms with Gasteiger partial charge < -0.3 is 14.4 Å². The summed E-state index contributed by atoms with van der Waals surface area (Å²) in [6.07, 6.45) is 2.73. The van der Waals surface area contributed by atoms with E-state index in [1.165, 1.54) is 31.5 Å². The van der Waals surface area contributed by atoms with E-state index in [0.717, 1.165) is 0 Å². The van der Waals surface area contributed by atoms with Crippen LogP contribution in [0.1, 0.15) is 10.5 Å². The first-order valence-corrected chi connectivity index (χ1v) is 4.76. The predicted octanol–water partition coefficient (Wildman–Crippen LogP) is -0.128. The Morgan fingerprint density at radius 3 is 2.59 bits per heavy atom. The molecule has 0 radical (unpaired) electrons. The molecule has 7 nitrogen and oxygen atoms in total. The summed E-state index contributed by atoms with van der Waals surface area (Å²) in [5.74, 6) is -0.595. The van der Waals surface area contributed by atoms with Gasteiger partial charge in [-0.25, -0.2) is 9.78 Å². The van der Waals surface area contributed by atoms with Gasteiger partial charge >= 0.3 is 11.9 Å². The normalized spacial score (nSPS) is 9.59. The molecule has 1 aromatic heterocycles. The highest BCUT2D eigenvalue weighted by Crippen LogP contribution is 2.08. The Hall–Kier alpha value is -2.18. The third kappa shape index (κ3) is 3.40. The molecule has 1 heterocycles. The summed E-state index contributed by atoms with van der Waals surface area (Å²) in [5, 5.41) is 0. The van der Waals surface area contributed by atoms with Crippen molar-refractivity contribution in [2.75, 3.05) is 32.7 Å². The van der Waals surface area contributed by atoms with E-state index < -0.39 is 11.9 Å². The van der Waals surface area contributed by atoms with Crippen LogP contribution in [0.25, 0.3) is 0 Å². The van der Waals surface area contributed by atoms with Gasteiger partial charge in [-0.3, -0.25) is 9.78 Å². The lowest BCUT2D eigenvalue weighted by Crippen LogP contribution is -2.27. The first kappa shape index (κ1) is 12.9. The van der Waals surface area contributed by atoms with Gasteiger partial charge in [-0.05, 0) is 0 Å². The molecule has 0 aliphatic rings. The zero-order valence-electron chi connectivity index (χ0n) is 9.84. The Kier molecular flexibility index (Phi) is 4.38. The van der Waals surface area contributed by atoms with Crippen molar-refractivity contribution in [1.82, 2.24) is 9.97 Å². The summed E-state index contributed by atoms with van der Waals surface area (Å²) in [7, 11) is 4.20. The van der Waals surface area contributed by atoms with Crippen LogP contribution >= 0.6 is 0 Å². The molecule has 0 bridgehead atoms. The Bertz CT molecular complexity index is 422. The molecule has 0 saturated carbocycles. The topological polar surface area (TPSA) is 81.6 Å². The third-order valence-corrected chi connectivity index (χ3v) is 2.00. The van der Waals surface area contributed by atoms with Gasteiger partial charge in [0, 0.05) is 7.05 Å². The smallest absolute Gasteiger partial charge is 0.358 e. The van der Waals surface area contributed by atoms with E-state index in [9.17, 15) is 9.59 Å². The fourth-order valence-electron chi connectivity index (χ4n) is 1.08. The molecule has 0 fully saturated rings. The molecule has 1 rings (SSSR count). The highest BCUT2D eigenvalue weighted by molar-refractivity contribution is 5.87. The SMILES string of the molecule is COC(=O)CN(C)c1cncc(C(=O)OC)n1. The van der Waals surface area contributed by atoms with Gasteiger partial charge in [0.2, 0.25) is 0 Å². The summed E-state index contributed by atoms with van der Waals surface area (Å²) in [5.41, 5.74) is 0.0849. The van der Waals surface area contributed by atoms with E-state index in [0.29, 0.717) is 5.82 Å². The number of ether oxygens (including phenoxy) is 2. The van der Waals surface area contributed by atoms with E-state index in [-0.39, 0.29) is 12.2 Å². The van der Waals surface area contributed by atoms with Crippen molar-refractivity contribution >= 4 is 17.8 Å². The van der Waals surface area contributed by atoms with E-state index in [4.69, 9.17) is 0 Å². The van der Waals surface area contributed by atoms with Crippen LogP contribution in [0.3, 0.4) is 0 Å². The summed E-state index contributed by atoms with van der Waals surface area (Å²) < 4.78 is 9.04. The van der Waals surface area contributed by atoms with Crippen molar-refractivity contribution in [3.05, 3.63) is 18.1 Å². The average molecular weight is 239 g/mol. The first-order chi connectivity index (χ1) is 8.08. The molecule has 17 heavy (non-hydrogen) atoms. The molecule has 0 aliphatic carbocycles. The standard InChI is InChI=1S/C10H13N3O4/c1-13(6-9(14)16-2)8-5-11-4-7(12-8)10(15)17-3/h4-5H,6H2,1-3H3. The number of aromatic nitrogens is 2. The lowest BCUT2D eigenvalue weighted by atomic mass is 10.4. The van der Waals surface area contributed by atoms with Crippen molar-refractivity contribution < 1.29 is 19.1 Å². The number of carbonyl (C=O) groups excluding carboxylic acids is 2. The van der Waals surface area contributed by atoms with E-state index >= 15 is 0 Å². The molecule has 0 aliphatic heterocycles. The summed E-state index contributed by atoms with van der Waals surface area (Å²) in [6, 6.07) is 0.